The average Bonchev–Trinajstić information content (AvgIpc) is 2.74. The fourth-order valence-corrected chi connectivity index (χ4v) is 2.72. The molecule has 0 atom stereocenters. The second-order valence-corrected chi connectivity index (χ2v) is 6.01. The van der Waals surface area contributed by atoms with Gasteiger partial charge in [-0.15, -0.1) is 0 Å². The molecule has 3 rings (SSSR count). The molecule has 0 aliphatic rings. The fourth-order valence-electron chi connectivity index (χ4n) is 2.72. The lowest BCUT2D eigenvalue weighted by molar-refractivity contribution is 0.0945. The van der Waals surface area contributed by atoms with Gasteiger partial charge >= 0.3 is 0 Å². The van der Waals surface area contributed by atoms with Crippen molar-refractivity contribution in [2.24, 2.45) is 0 Å². The molecule has 0 spiro atoms. The number of methoxy groups -OCH3 is 1. The van der Waals surface area contributed by atoms with E-state index < -0.39 is 0 Å². The number of benzene rings is 2. The number of nitrogens with zero attached hydrogens (tertiary/aromatic N) is 1. The van der Waals surface area contributed by atoms with Crippen LogP contribution in [0.15, 0.2) is 66.9 Å². The molecule has 1 aromatic heterocycles. The normalized spacial score (nSPS) is 10.2. The van der Waals surface area contributed by atoms with Gasteiger partial charge in [-0.25, -0.2) is 0 Å². The number of nitrogens with one attached hydrogen (secondary N) is 2. The zero-order valence-corrected chi connectivity index (χ0v) is 15.9. The van der Waals surface area contributed by atoms with Gasteiger partial charge in [0.15, 0.2) is 0 Å². The number of ether oxygens (including phenoxy) is 2. The van der Waals surface area contributed by atoms with Crippen molar-refractivity contribution in [3.8, 4) is 11.5 Å². The van der Waals surface area contributed by atoms with Gasteiger partial charge in [0, 0.05) is 29.7 Å². The minimum atomic E-state index is -0.249. The standard InChI is InChI=1S/C22H23N3O3/c1-3-28-19-10-8-17(9-11-19)25-18-12-13-23-20(14-18)22(26)24-15-16-6-4-5-7-21(16)27-2/h4-14H,3,15H2,1-2H3,(H,23,25)(H,24,26). The number of carbonyl (C=O) groups is 1. The topological polar surface area (TPSA) is 72.5 Å². The summed E-state index contributed by atoms with van der Waals surface area (Å²) in [7, 11) is 1.61. The summed E-state index contributed by atoms with van der Waals surface area (Å²) in [5.41, 5.74) is 2.92. The Morgan fingerprint density at radius 3 is 2.57 bits per heavy atom. The van der Waals surface area contributed by atoms with Crippen LogP contribution in [0.1, 0.15) is 23.0 Å². The minimum Gasteiger partial charge on any atom is -0.496 e. The van der Waals surface area contributed by atoms with Crippen LogP contribution in [0, 0.1) is 0 Å². The molecular formula is C22H23N3O3. The Bertz CT molecular complexity index is 926. The number of amides is 1. The lowest BCUT2D eigenvalue weighted by atomic mass is 10.2. The third-order valence-electron chi connectivity index (χ3n) is 4.08. The molecule has 1 amide bonds. The van der Waals surface area contributed by atoms with Crippen molar-refractivity contribution in [1.29, 1.82) is 0 Å². The molecule has 3 aromatic rings. The lowest BCUT2D eigenvalue weighted by Crippen LogP contribution is -2.24. The largest absolute Gasteiger partial charge is 0.496 e. The first kappa shape index (κ1) is 19.2. The lowest BCUT2D eigenvalue weighted by Gasteiger charge is -2.11. The molecule has 0 saturated carbocycles. The Labute approximate surface area is 164 Å². The SMILES string of the molecule is CCOc1ccc(Nc2ccnc(C(=O)NCc3ccccc3OC)c2)cc1. The van der Waals surface area contributed by atoms with Gasteiger partial charge < -0.3 is 20.1 Å². The van der Waals surface area contributed by atoms with Crippen molar-refractivity contribution in [2.75, 3.05) is 19.0 Å². The van der Waals surface area contributed by atoms with E-state index in [0.29, 0.717) is 18.8 Å². The number of pyridine rings is 1. The molecule has 6 nitrogen and oxygen atoms in total. The van der Waals surface area contributed by atoms with Gasteiger partial charge in [-0.1, -0.05) is 18.2 Å². The molecule has 0 aliphatic heterocycles. The molecule has 2 N–H and O–H groups in total. The van der Waals surface area contributed by atoms with Crippen LogP contribution in [-0.4, -0.2) is 24.6 Å². The molecule has 1 heterocycles. The van der Waals surface area contributed by atoms with E-state index in [0.717, 1.165) is 28.4 Å². The number of carbonyl (C=O) groups excluding carboxylic acids is 1. The van der Waals surface area contributed by atoms with Crippen LogP contribution in [0.4, 0.5) is 11.4 Å². The predicted octanol–water partition coefficient (Wildman–Crippen LogP) is 4.16. The number of rotatable bonds is 8. The number of anilines is 2. The number of hydrogen-bond donors (Lipinski definition) is 2. The second-order valence-electron chi connectivity index (χ2n) is 6.01. The highest BCUT2D eigenvalue weighted by Gasteiger charge is 2.10. The van der Waals surface area contributed by atoms with Crippen LogP contribution in [0.25, 0.3) is 0 Å². The van der Waals surface area contributed by atoms with E-state index in [2.05, 4.69) is 15.6 Å². The third kappa shape index (κ3) is 5.01. The average molecular weight is 377 g/mol. The smallest absolute Gasteiger partial charge is 0.270 e. The maximum absolute atomic E-state index is 12.5. The van der Waals surface area contributed by atoms with E-state index >= 15 is 0 Å². The zero-order chi connectivity index (χ0) is 19.8. The first-order chi connectivity index (χ1) is 13.7. The van der Waals surface area contributed by atoms with E-state index in [1.54, 1.807) is 19.4 Å². The van der Waals surface area contributed by atoms with Crippen molar-refractivity contribution in [3.05, 3.63) is 78.1 Å². The first-order valence-corrected chi connectivity index (χ1v) is 9.05. The molecular weight excluding hydrogens is 354 g/mol. The number of para-hydroxylation sites is 1. The molecule has 144 valence electrons. The van der Waals surface area contributed by atoms with Crippen molar-refractivity contribution < 1.29 is 14.3 Å². The molecule has 6 heteroatoms. The molecule has 0 saturated heterocycles. The molecule has 0 aliphatic carbocycles. The molecule has 0 radical (unpaired) electrons. The molecule has 0 unspecified atom stereocenters. The Morgan fingerprint density at radius 1 is 1.04 bits per heavy atom. The van der Waals surface area contributed by atoms with E-state index in [4.69, 9.17) is 9.47 Å². The van der Waals surface area contributed by atoms with Gasteiger partial charge in [-0.3, -0.25) is 9.78 Å². The number of aromatic nitrogens is 1. The van der Waals surface area contributed by atoms with Crippen LogP contribution in [0.5, 0.6) is 11.5 Å². The van der Waals surface area contributed by atoms with Crippen molar-refractivity contribution in [2.45, 2.75) is 13.5 Å². The van der Waals surface area contributed by atoms with Crippen LogP contribution in [0.2, 0.25) is 0 Å². The van der Waals surface area contributed by atoms with Crippen molar-refractivity contribution in [3.63, 3.8) is 0 Å². The fraction of sp³-hybridized carbons (Fsp3) is 0.182. The summed E-state index contributed by atoms with van der Waals surface area (Å²) in [6.45, 7) is 2.94. The maximum atomic E-state index is 12.5. The molecule has 28 heavy (non-hydrogen) atoms. The van der Waals surface area contributed by atoms with Crippen LogP contribution >= 0.6 is 0 Å². The summed E-state index contributed by atoms with van der Waals surface area (Å²) in [4.78, 5) is 16.7. The van der Waals surface area contributed by atoms with E-state index in [1.165, 1.54) is 0 Å². The summed E-state index contributed by atoms with van der Waals surface area (Å²) in [6, 6.07) is 18.7. The monoisotopic (exact) mass is 377 g/mol. The van der Waals surface area contributed by atoms with E-state index in [-0.39, 0.29) is 5.91 Å². The quantitative estimate of drug-likeness (QED) is 0.617. The number of hydrogen-bond acceptors (Lipinski definition) is 5. The van der Waals surface area contributed by atoms with Gasteiger partial charge in [-0.05, 0) is 49.4 Å². The molecule has 0 bridgehead atoms. The van der Waals surface area contributed by atoms with Crippen molar-refractivity contribution in [1.82, 2.24) is 10.3 Å². The Morgan fingerprint density at radius 2 is 1.82 bits per heavy atom. The van der Waals surface area contributed by atoms with E-state index in [9.17, 15) is 4.79 Å². The summed E-state index contributed by atoms with van der Waals surface area (Å²) in [6.07, 6.45) is 1.61. The molecule has 0 fully saturated rings. The predicted molar refractivity (Wildman–Crippen MR) is 109 cm³/mol. The summed E-state index contributed by atoms with van der Waals surface area (Å²) in [5.74, 6) is 1.31. The summed E-state index contributed by atoms with van der Waals surface area (Å²) in [5, 5.41) is 6.14. The van der Waals surface area contributed by atoms with Gasteiger partial charge in [0.2, 0.25) is 0 Å². The van der Waals surface area contributed by atoms with Crippen LogP contribution in [0.3, 0.4) is 0 Å². The van der Waals surface area contributed by atoms with Gasteiger partial charge in [0.25, 0.3) is 5.91 Å². The van der Waals surface area contributed by atoms with Crippen LogP contribution < -0.4 is 20.1 Å². The second kappa shape index (κ2) is 9.41. The maximum Gasteiger partial charge on any atom is 0.270 e. The van der Waals surface area contributed by atoms with Gasteiger partial charge in [0.1, 0.15) is 17.2 Å². The Hall–Kier alpha value is -3.54. The van der Waals surface area contributed by atoms with Gasteiger partial charge in [0.05, 0.1) is 13.7 Å². The van der Waals surface area contributed by atoms with Gasteiger partial charge in [-0.2, -0.15) is 0 Å². The summed E-state index contributed by atoms with van der Waals surface area (Å²) >= 11 is 0. The third-order valence-corrected chi connectivity index (χ3v) is 4.08. The summed E-state index contributed by atoms with van der Waals surface area (Å²) < 4.78 is 10.7. The highest BCUT2D eigenvalue weighted by atomic mass is 16.5. The van der Waals surface area contributed by atoms with Crippen LogP contribution in [-0.2, 0) is 6.54 Å². The first-order valence-electron chi connectivity index (χ1n) is 9.05. The Balaban J connectivity index is 1.64. The highest BCUT2D eigenvalue weighted by Crippen LogP contribution is 2.21. The zero-order valence-electron chi connectivity index (χ0n) is 15.9. The van der Waals surface area contributed by atoms with E-state index in [1.807, 2.05) is 61.5 Å². The van der Waals surface area contributed by atoms with Crippen molar-refractivity contribution >= 4 is 17.3 Å². The Kier molecular flexibility index (Phi) is 6.46. The highest BCUT2D eigenvalue weighted by molar-refractivity contribution is 5.93. The molecule has 2 aromatic carbocycles. The minimum absolute atomic E-state index is 0.249.